The van der Waals surface area contributed by atoms with Gasteiger partial charge in [-0.3, -0.25) is 0 Å². The average Bonchev–Trinajstić information content (AvgIpc) is 3.46. The molecular weight excluding hydrogens is 410 g/mol. The van der Waals surface area contributed by atoms with Gasteiger partial charge in [0, 0.05) is 26.9 Å². The monoisotopic (exact) mass is 429 g/mol. The molecule has 1 atom stereocenters. The maximum atomic E-state index is 6.30. The zero-order valence-corrected chi connectivity index (χ0v) is 18.0. The van der Waals surface area contributed by atoms with Crippen LogP contribution in [-0.2, 0) is 0 Å². The van der Waals surface area contributed by atoms with Crippen molar-refractivity contribution in [1.82, 2.24) is 0 Å². The number of nitrogens with one attached hydrogen (secondary N) is 1. The Balaban J connectivity index is 1.39. The zero-order chi connectivity index (χ0) is 21.1. The van der Waals surface area contributed by atoms with Crippen LogP contribution in [0.5, 0.6) is 0 Å². The van der Waals surface area contributed by atoms with Crippen LogP contribution >= 0.6 is 11.8 Å². The van der Waals surface area contributed by atoms with Gasteiger partial charge in [-0.2, -0.15) is 0 Å². The van der Waals surface area contributed by atoms with E-state index in [9.17, 15) is 0 Å². The molecule has 152 valence electrons. The molecule has 1 aliphatic heterocycles. The molecule has 1 N–H and O–H groups in total. The minimum Gasteiger partial charge on any atom is -0.455 e. The molecule has 32 heavy (non-hydrogen) atoms. The molecule has 5 aromatic carbocycles. The van der Waals surface area contributed by atoms with Gasteiger partial charge < -0.3 is 9.73 Å². The van der Waals surface area contributed by atoms with Crippen LogP contribution in [0, 0.1) is 0 Å². The van der Waals surface area contributed by atoms with Crippen LogP contribution in [0.4, 0.5) is 5.69 Å². The second-order valence-corrected chi connectivity index (χ2v) is 9.33. The van der Waals surface area contributed by atoms with E-state index < -0.39 is 0 Å². The fourth-order valence-electron chi connectivity index (χ4n) is 4.74. The Bertz CT molecular complexity index is 1630. The van der Waals surface area contributed by atoms with Gasteiger partial charge in [-0.25, -0.2) is 0 Å². The number of anilines is 1. The van der Waals surface area contributed by atoms with Crippen LogP contribution in [0.2, 0.25) is 0 Å². The molecule has 1 unspecified atom stereocenters. The van der Waals surface area contributed by atoms with Crippen molar-refractivity contribution in [2.75, 3.05) is 5.32 Å². The smallest absolute Gasteiger partial charge is 0.143 e. The largest absolute Gasteiger partial charge is 0.455 e. The Morgan fingerprint density at radius 2 is 1.50 bits per heavy atom. The van der Waals surface area contributed by atoms with Gasteiger partial charge in [0.25, 0.3) is 0 Å². The van der Waals surface area contributed by atoms with E-state index in [1.807, 2.05) is 23.9 Å². The SMILES string of the molecule is c1ccc(C2Nc3ccc4ccc(-c5cccc6c5oc5ccccc56)cc4c3S2)cc1. The van der Waals surface area contributed by atoms with Crippen LogP contribution in [-0.4, -0.2) is 0 Å². The highest BCUT2D eigenvalue weighted by atomic mass is 32.2. The summed E-state index contributed by atoms with van der Waals surface area (Å²) in [5.41, 5.74) is 6.70. The highest BCUT2D eigenvalue weighted by Gasteiger charge is 2.25. The Hall–Kier alpha value is -3.69. The number of rotatable bonds is 2. The van der Waals surface area contributed by atoms with E-state index >= 15 is 0 Å². The lowest BCUT2D eigenvalue weighted by Crippen LogP contribution is -2.00. The summed E-state index contributed by atoms with van der Waals surface area (Å²) in [5.74, 6) is 0. The minimum absolute atomic E-state index is 0.235. The summed E-state index contributed by atoms with van der Waals surface area (Å²) in [6.45, 7) is 0. The predicted molar refractivity (Wildman–Crippen MR) is 135 cm³/mol. The number of hydrogen-bond donors (Lipinski definition) is 1. The van der Waals surface area contributed by atoms with Gasteiger partial charge in [-0.05, 0) is 40.1 Å². The van der Waals surface area contributed by atoms with Gasteiger partial charge in [-0.1, -0.05) is 96.7 Å². The topological polar surface area (TPSA) is 25.2 Å². The van der Waals surface area contributed by atoms with Crippen LogP contribution in [0.15, 0.2) is 112 Å². The van der Waals surface area contributed by atoms with Crippen LogP contribution in [0.25, 0.3) is 43.8 Å². The molecule has 0 fully saturated rings. The van der Waals surface area contributed by atoms with Crippen molar-refractivity contribution >= 4 is 50.2 Å². The van der Waals surface area contributed by atoms with Gasteiger partial charge in [-0.15, -0.1) is 0 Å². The summed E-state index contributed by atoms with van der Waals surface area (Å²) in [5, 5.41) is 8.79. The first-order chi connectivity index (χ1) is 15.8. The Morgan fingerprint density at radius 3 is 2.44 bits per heavy atom. The first-order valence-electron chi connectivity index (χ1n) is 10.8. The van der Waals surface area contributed by atoms with Gasteiger partial charge in [0.05, 0.1) is 0 Å². The molecule has 0 saturated carbocycles. The molecule has 0 spiro atoms. The van der Waals surface area contributed by atoms with Gasteiger partial charge in [0.1, 0.15) is 16.5 Å². The predicted octanol–water partition coefficient (Wildman–Crippen LogP) is 8.62. The van der Waals surface area contributed by atoms with E-state index in [2.05, 4.69) is 96.3 Å². The van der Waals surface area contributed by atoms with E-state index in [1.54, 1.807) is 0 Å². The maximum absolute atomic E-state index is 6.30. The van der Waals surface area contributed by atoms with E-state index in [0.29, 0.717) is 0 Å². The van der Waals surface area contributed by atoms with Crippen LogP contribution in [0.1, 0.15) is 10.9 Å². The van der Waals surface area contributed by atoms with E-state index in [4.69, 9.17) is 4.42 Å². The average molecular weight is 430 g/mol. The second-order valence-electron chi connectivity index (χ2n) is 8.21. The molecule has 0 amide bonds. The molecule has 3 heteroatoms. The van der Waals surface area contributed by atoms with Crippen molar-refractivity contribution < 1.29 is 4.42 Å². The lowest BCUT2D eigenvalue weighted by molar-refractivity contribution is 0.670. The zero-order valence-electron chi connectivity index (χ0n) is 17.2. The van der Waals surface area contributed by atoms with Gasteiger partial charge >= 0.3 is 0 Å². The first-order valence-corrected chi connectivity index (χ1v) is 11.7. The fraction of sp³-hybridized carbons (Fsp3) is 0.0345. The third-order valence-electron chi connectivity index (χ3n) is 6.31. The molecule has 1 aromatic heterocycles. The van der Waals surface area contributed by atoms with E-state index in [0.717, 1.165) is 27.5 Å². The number of para-hydroxylation sites is 2. The molecule has 0 aliphatic carbocycles. The number of fused-ring (bicyclic) bond motifs is 6. The van der Waals surface area contributed by atoms with E-state index in [1.165, 1.54) is 32.5 Å². The quantitative estimate of drug-likeness (QED) is 0.298. The molecule has 0 radical (unpaired) electrons. The summed E-state index contributed by atoms with van der Waals surface area (Å²) in [6.07, 6.45) is 0. The van der Waals surface area contributed by atoms with E-state index in [-0.39, 0.29) is 5.37 Å². The van der Waals surface area contributed by atoms with Crippen molar-refractivity contribution in [3.8, 4) is 11.1 Å². The standard InChI is InChI=1S/C29H19NOS/c1-2-7-19(8-3-1)29-30-25-16-15-18-13-14-20(17-24(18)28(25)32-29)21-10-6-11-23-22-9-4-5-12-26(22)31-27(21)23/h1-17,29-30H. The molecule has 6 aromatic rings. The van der Waals surface area contributed by atoms with Gasteiger partial charge in [0.2, 0.25) is 0 Å². The summed E-state index contributed by atoms with van der Waals surface area (Å²) in [4.78, 5) is 1.31. The summed E-state index contributed by atoms with van der Waals surface area (Å²) < 4.78 is 6.30. The van der Waals surface area contributed by atoms with Crippen LogP contribution in [0.3, 0.4) is 0 Å². The van der Waals surface area contributed by atoms with Crippen LogP contribution < -0.4 is 5.32 Å². The third kappa shape index (κ3) is 2.68. The highest BCUT2D eigenvalue weighted by Crippen LogP contribution is 2.50. The molecular formula is C29H19NOS. The minimum atomic E-state index is 0.235. The second kappa shape index (κ2) is 6.91. The number of furan rings is 1. The summed E-state index contributed by atoms with van der Waals surface area (Å²) >= 11 is 1.90. The van der Waals surface area contributed by atoms with Crippen molar-refractivity contribution in [3.63, 3.8) is 0 Å². The molecule has 7 rings (SSSR count). The van der Waals surface area contributed by atoms with Gasteiger partial charge in [0.15, 0.2) is 0 Å². The lowest BCUT2D eigenvalue weighted by Gasteiger charge is -2.09. The molecule has 2 heterocycles. The van der Waals surface area contributed by atoms with Crippen molar-refractivity contribution in [2.24, 2.45) is 0 Å². The lowest BCUT2D eigenvalue weighted by atomic mass is 9.99. The maximum Gasteiger partial charge on any atom is 0.143 e. The Kier molecular flexibility index (Phi) is 3.87. The first kappa shape index (κ1) is 17.9. The van der Waals surface area contributed by atoms with Crippen molar-refractivity contribution in [3.05, 3.63) is 109 Å². The Morgan fingerprint density at radius 1 is 0.688 bits per heavy atom. The number of benzene rings is 5. The normalized spacial score (nSPS) is 15.3. The molecule has 2 nitrogen and oxygen atoms in total. The van der Waals surface area contributed by atoms with Crippen molar-refractivity contribution in [2.45, 2.75) is 10.3 Å². The molecule has 0 bridgehead atoms. The highest BCUT2D eigenvalue weighted by molar-refractivity contribution is 8.00. The molecule has 0 saturated heterocycles. The van der Waals surface area contributed by atoms with Crippen molar-refractivity contribution in [1.29, 1.82) is 0 Å². The molecule has 1 aliphatic rings. The fourth-order valence-corrected chi connectivity index (χ4v) is 6.02. The number of hydrogen-bond acceptors (Lipinski definition) is 3. The summed E-state index contributed by atoms with van der Waals surface area (Å²) in [7, 11) is 0. The number of thioether (sulfide) groups is 1. The summed E-state index contributed by atoms with van der Waals surface area (Å²) in [6, 6.07) is 36.5. The Labute approximate surface area is 189 Å². The third-order valence-corrected chi connectivity index (χ3v) is 7.61.